The molecule has 2 aromatic carbocycles. The van der Waals surface area contributed by atoms with E-state index < -0.39 is 0 Å². The number of esters is 2. The average molecular weight is 690 g/mol. The van der Waals surface area contributed by atoms with Crippen molar-refractivity contribution in [2.45, 2.75) is 67.2 Å². The van der Waals surface area contributed by atoms with E-state index in [1.165, 1.54) is 4.90 Å². The molecule has 2 aromatic rings. The molecule has 12 heteroatoms. The number of likely N-dealkylation sites (N-methyl/N-ethyl adjacent to an activating group) is 2. The Morgan fingerprint density at radius 3 is 1.52 bits per heavy atom. The smallest absolute Gasteiger partial charge is 0.338 e. The molecule has 0 aliphatic carbocycles. The van der Waals surface area contributed by atoms with Crippen LogP contribution in [-0.2, 0) is 9.47 Å². The SMILES string of the molecule is CCCCOc1cc(C(=O)OCCN(CC)CC)ccc1N.CCCCOc1cc(C(=O)OCC[NH+](CC)CC)ccc1N.Cl.[Cl-]. The van der Waals surface area contributed by atoms with Gasteiger partial charge in [0.1, 0.15) is 31.3 Å². The minimum absolute atomic E-state index is 0. The number of benzene rings is 2. The molecule has 0 saturated carbocycles. The Hall–Kier alpha value is -2.92. The first-order valence-electron chi connectivity index (χ1n) is 16.2. The molecule has 46 heavy (non-hydrogen) atoms. The second kappa shape index (κ2) is 27.2. The third-order valence-electron chi connectivity index (χ3n) is 7.23. The summed E-state index contributed by atoms with van der Waals surface area (Å²) < 4.78 is 21.8. The number of nitrogens with two attached hydrogens (primary N) is 2. The molecule has 0 spiro atoms. The Morgan fingerprint density at radius 1 is 0.696 bits per heavy atom. The summed E-state index contributed by atoms with van der Waals surface area (Å²) in [6.45, 7) is 20.2. The van der Waals surface area contributed by atoms with Crippen LogP contribution < -0.4 is 38.2 Å². The summed E-state index contributed by atoms with van der Waals surface area (Å²) in [5.74, 6) is 0.434. The number of nitrogens with one attached hydrogen (secondary N) is 1. The van der Waals surface area contributed by atoms with Crippen molar-refractivity contribution in [3.8, 4) is 11.5 Å². The number of halogens is 2. The molecule has 0 bridgehead atoms. The van der Waals surface area contributed by atoms with Crippen molar-refractivity contribution in [2.24, 2.45) is 0 Å². The highest BCUT2D eigenvalue weighted by atomic mass is 35.5. The summed E-state index contributed by atoms with van der Waals surface area (Å²) >= 11 is 0. The molecular weight excluding hydrogens is 631 g/mol. The number of quaternary nitrogens is 1. The van der Waals surface area contributed by atoms with E-state index in [1.54, 1.807) is 36.4 Å². The third kappa shape index (κ3) is 17.7. The quantitative estimate of drug-likeness (QED) is 0.109. The van der Waals surface area contributed by atoms with Gasteiger partial charge in [-0.3, -0.25) is 0 Å². The summed E-state index contributed by atoms with van der Waals surface area (Å²) in [5, 5.41) is 0. The fourth-order valence-corrected chi connectivity index (χ4v) is 4.09. The molecule has 0 radical (unpaired) electrons. The van der Waals surface area contributed by atoms with E-state index in [2.05, 4.69) is 46.4 Å². The largest absolute Gasteiger partial charge is 1.00 e. The molecule has 0 unspecified atom stereocenters. The highest BCUT2D eigenvalue weighted by Crippen LogP contribution is 2.24. The Morgan fingerprint density at radius 2 is 1.13 bits per heavy atom. The number of anilines is 2. The molecule has 0 aliphatic rings. The van der Waals surface area contributed by atoms with E-state index in [9.17, 15) is 9.59 Å². The molecule has 264 valence electrons. The van der Waals surface area contributed by atoms with Gasteiger partial charge in [0.15, 0.2) is 0 Å². The molecule has 0 aliphatic heterocycles. The summed E-state index contributed by atoms with van der Waals surface area (Å²) in [6, 6.07) is 10.0. The molecule has 0 amide bonds. The van der Waals surface area contributed by atoms with Crippen LogP contribution in [0.3, 0.4) is 0 Å². The highest BCUT2D eigenvalue weighted by Gasteiger charge is 2.13. The van der Waals surface area contributed by atoms with E-state index >= 15 is 0 Å². The van der Waals surface area contributed by atoms with Crippen molar-refractivity contribution >= 4 is 35.7 Å². The second-order valence-electron chi connectivity index (χ2n) is 10.4. The second-order valence-corrected chi connectivity index (χ2v) is 10.4. The number of ether oxygens (including phenoxy) is 4. The van der Waals surface area contributed by atoms with Gasteiger partial charge in [-0.2, -0.15) is 0 Å². The maximum atomic E-state index is 12.1. The maximum absolute atomic E-state index is 12.1. The summed E-state index contributed by atoms with van der Waals surface area (Å²) in [6.07, 6.45) is 4.01. The first-order chi connectivity index (χ1) is 21.2. The van der Waals surface area contributed by atoms with Crippen molar-refractivity contribution in [2.75, 3.05) is 77.2 Å². The molecule has 10 nitrogen and oxygen atoms in total. The average Bonchev–Trinajstić information content (AvgIpc) is 3.03. The zero-order chi connectivity index (χ0) is 32.7. The van der Waals surface area contributed by atoms with Crippen LogP contribution in [0.25, 0.3) is 0 Å². The van der Waals surface area contributed by atoms with Gasteiger partial charge in [0.05, 0.1) is 48.8 Å². The number of unbranched alkanes of at least 4 members (excludes halogenated alkanes) is 2. The van der Waals surface area contributed by atoms with Gasteiger partial charge in [0.2, 0.25) is 0 Å². The van der Waals surface area contributed by atoms with Crippen LogP contribution in [0.5, 0.6) is 11.5 Å². The fraction of sp³-hybridized carbons (Fsp3) is 0.588. The van der Waals surface area contributed by atoms with Gasteiger partial charge in [0.25, 0.3) is 0 Å². The lowest BCUT2D eigenvalue weighted by Crippen LogP contribution is -3.11. The molecule has 0 saturated heterocycles. The van der Waals surface area contributed by atoms with Crippen LogP contribution in [0, 0.1) is 0 Å². The topological polar surface area (TPSA) is 131 Å². The Labute approximate surface area is 289 Å². The number of nitrogen functional groups attached to an aromatic ring is 2. The monoisotopic (exact) mass is 688 g/mol. The summed E-state index contributed by atoms with van der Waals surface area (Å²) in [7, 11) is 0. The number of carbonyl (C=O) groups excluding carboxylic acids is 2. The lowest BCUT2D eigenvalue weighted by molar-refractivity contribution is -0.896. The number of rotatable bonds is 20. The minimum atomic E-state index is -0.340. The van der Waals surface area contributed by atoms with E-state index in [1.807, 2.05) is 0 Å². The van der Waals surface area contributed by atoms with Crippen molar-refractivity contribution < 1.29 is 45.8 Å². The zero-order valence-electron chi connectivity index (χ0n) is 28.7. The van der Waals surface area contributed by atoms with Gasteiger partial charge < -0.3 is 52.6 Å². The number of hydrogen-bond donors (Lipinski definition) is 3. The van der Waals surface area contributed by atoms with Gasteiger partial charge in [-0.1, -0.05) is 40.5 Å². The lowest BCUT2D eigenvalue weighted by atomic mass is 10.2. The standard InChI is InChI=1S/2C17H28N2O3.2ClH/c2*1-4-7-11-21-16-13-14(8-9-15(16)18)17(20)22-12-10-19(5-2)6-3;;/h2*8-9,13H,4-7,10-12,18H2,1-3H3;2*1H. The Balaban J connectivity index is 0. The minimum Gasteiger partial charge on any atom is -1.00 e. The zero-order valence-corrected chi connectivity index (χ0v) is 30.3. The normalized spacial score (nSPS) is 10.3. The first kappa shape index (κ1) is 45.2. The van der Waals surface area contributed by atoms with Crippen LogP contribution in [0.1, 0.15) is 87.9 Å². The first-order valence-corrected chi connectivity index (χ1v) is 16.2. The van der Waals surface area contributed by atoms with Gasteiger partial charge in [-0.25, -0.2) is 9.59 Å². The molecule has 2 rings (SSSR count). The van der Waals surface area contributed by atoms with Crippen LogP contribution in [-0.4, -0.2) is 82.5 Å². The predicted octanol–water partition coefficient (Wildman–Crippen LogP) is 1.90. The molecular formula is C34H58Cl2N4O6. The van der Waals surface area contributed by atoms with Crippen LogP contribution in [0.15, 0.2) is 36.4 Å². The van der Waals surface area contributed by atoms with Crippen molar-refractivity contribution in [1.82, 2.24) is 4.90 Å². The van der Waals surface area contributed by atoms with Crippen LogP contribution in [0.4, 0.5) is 11.4 Å². The van der Waals surface area contributed by atoms with Gasteiger partial charge >= 0.3 is 11.9 Å². The maximum Gasteiger partial charge on any atom is 0.338 e. The van der Waals surface area contributed by atoms with Crippen molar-refractivity contribution in [1.29, 1.82) is 0 Å². The highest BCUT2D eigenvalue weighted by molar-refractivity contribution is 5.91. The van der Waals surface area contributed by atoms with E-state index in [4.69, 9.17) is 30.4 Å². The lowest BCUT2D eigenvalue weighted by Gasteiger charge is -2.17. The summed E-state index contributed by atoms with van der Waals surface area (Å²) in [5.41, 5.74) is 13.8. The third-order valence-corrected chi connectivity index (χ3v) is 7.23. The summed E-state index contributed by atoms with van der Waals surface area (Å²) in [4.78, 5) is 27.7. The van der Waals surface area contributed by atoms with Gasteiger partial charge in [-0.05, 0) is 76.2 Å². The fourth-order valence-electron chi connectivity index (χ4n) is 4.09. The number of nitrogens with zero attached hydrogens (tertiary/aromatic N) is 1. The number of carbonyl (C=O) groups is 2. The molecule has 0 fully saturated rings. The predicted molar refractivity (Wildman–Crippen MR) is 185 cm³/mol. The van der Waals surface area contributed by atoms with E-state index in [0.29, 0.717) is 60.4 Å². The molecule has 0 heterocycles. The van der Waals surface area contributed by atoms with Crippen molar-refractivity contribution in [3.05, 3.63) is 47.5 Å². The van der Waals surface area contributed by atoms with Crippen LogP contribution in [0.2, 0.25) is 0 Å². The van der Waals surface area contributed by atoms with Crippen molar-refractivity contribution in [3.63, 3.8) is 0 Å². The van der Waals surface area contributed by atoms with E-state index in [-0.39, 0.29) is 36.8 Å². The van der Waals surface area contributed by atoms with Gasteiger partial charge in [0, 0.05) is 6.54 Å². The molecule has 0 atom stereocenters. The molecule has 0 aromatic heterocycles. The van der Waals surface area contributed by atoms with Crippen LogP contribution >= 0.6 is 12.4 Å². The Bertz CT molecular complexity index is 1020. The van der Waals surface area contributed by atoms with Gasteiger partial charge in [-0.15, -0.1) is 12.4 Å². The number of hydrogen-bond acceptors (Lipinski definition) is 9. The molecule has 5 N–H and O–H groups in total. The Kier molecular flexibility index (Phi) is 26.7. The van der Waals surface area contributed by atoms with E-state index in [0.717, 1.165) is 65.0 Å².